The van der Waals surface area contributed by atoms with Gasteiger partial charge in [0, 0.05) is 0 Å². The molecule has 6 nitrogen and oxygen atoms in total. The van der Waals surface area contributed by atoms with Crippen LogP contribution in [0.15, 0.2) is 0 Å². The van der Waals surface area contributed by atoms with E-state index in [2.05, 4.69) is 4.18 Å². The fraction of sp³-hybridized carbons (Fsp3) is 0.857. The van der Waals surface area contributed by atoms with Gasteiger partial charge in [0.1, 0.15) is 0 Å². The van der Waals surface area contributed by atoms with Crippen molar-refractivity contribution in [3.63, 3.8) is 0 Å². The summed E-state index contributed by atoms with van der Waals surface area (Å²) in [6, 6.07) is 0. The molecule has 0 aliphatic carbocycles. The topological polar surface area (TPSA) is 92.7 Å². The van der Waals surface area contributed by atoms with Gasteiger partial charge in [-0.05, 0) is 12.8 Å². The van der Waals surface area contributed by atoms with E-state index in [1.165, 1.54) is 0 Å². The number of rotatable bonds is 4. The molecule has 2 atom stereocenters. The normalized spacial score (nSPS) is 25.9. The summed E-state index contributed by atoms with van der Waals surface area (Å²) in [6.45, 7) is -0.136. The van der Waals surface area contributed by atoms with Crippen molar-refractivity contribution in [2.24, 2.45) is 0 Å². The van der Waals surface area contributed by atoms with Crippen LogP contribution in [0.1, 0.15) is 12.8 Å². The van der Waals surface area contributed by atoms with Crippen LogP contribution in [0, 0.1) is 0 Å². The van der Waals surface area contributed by atoms with Gasteiger partial charge in [-0.2, -0.15) is 8.42 Å². The monoisotopic (exact) mass is 246 g/mol. The first-order chi connectivity index (χ1) is 6.38. The number of carbonyl (C=O) groups excluding carboxylic acids is 1. The molecule has 15 heavy (non-hydrogen) atoms. The van der Waals surface area contributed by atoms with Gasteiger partial charge in [0.05, 0.1) is 31.0 Å². The summed E-state index contributed by atoms with van der Waals surface area (Å²) in [7, 11) is -3.49. The second-order valence-corrected chi connectivity index (χ2v) is 4.78. The molecule has 0 N–H and O–H groups in total. The number of aliphatic carboxylic acids is 1. The molecule has 0 saturated carbocycles. The fourth-order valence-corrected chi connectivity index (χ4v) is 1.60. The van der Waals surface area contributed by atoms with Gasteiger partial charge in [-0.1, -0.05) is 0 Å². The van der Waals surface area contributed by atoms with Gasteiger partial charge in [0.15, 0.2) is 0 Å². The van der Waals surface area contributed by atoms with Crippen molar-refractivity contribution >= 4 is 16.1 Å². The van der Waals surface area contributed by atoms with Gasteiger partial charge < -0.3 is 14.6 Å². The molecular weight excluding hydrogens is 235 g/mol. The SMILES string of the molecule is CS(=O)(=O)OC[C@H]1CC[C@@H](C(=O)[O-])O1.[Na+]. The maximum absolute atomic E-state index is 10.6. The van der Waals surface area contributed by atoms with Crippen molar-refractivity contribution in [1.82, 2.24) is 0 Å². The standard InChI is InChI=1S/C7H12O6S.Na/c1-14(10,11)12-4-5-2-3-6(13-5)7(8)9;/h5-6H,2-4H2,1H3,(H,8,9);/q;+1/p-1/t5-,6+;/m1./s1. The molecule has 1 saturated heterocycles. The number of carboxylic acids is 1. The van der Waals surface area contributed by atoms with Crippen molar-refractivity contribution in [2.45, 2.75) is 25.0 Å². The Hall–Kier alpha value is 0.340. The quantitative estimate of drug-likeness (QED) is 0.365. The number of carboxylic acid groups (broad SMARTS) is 1. The van der Waals surface area contributed by atoms with E-state index in [1.807, 2.05) is 0 Å². The zero-order valence-corrected chi connectivity index (χ0v) is 11.5. The second-order valence-electron chi connectivity index (χ2n) is 3.13. The van der Waals surface area contributed by atoms with Crippen LogP contribution in [0.5, 0.6) is 0 Å². The van der Waals surface area contributed by atoms with Gasteiger partial charge in [0.25, 0.3) is 10.1 Å². The van der Waals surface area contributed by atoms with E-state index in [-0.39, 0.29) is 36.2 Å². The predicted octanol–water partition coefficient (Wildman–Crippen LogP) is -4.74. The molecule has 0 amide bonds. The maximum atomic E-state index is 10.6. The van der Waals surface area contributed by atoms with Crippen LogP contribution in [-0.2, 0) is 23.8 Å². The molecule has 1 aliphatic rings. The molecule has 1 heterocycles. The van der Waals surface area contributed by atoms with Crippen LogP contribution in [0.4, 0.5) is 0 Å². The third kappa shape index (κ3) is 5.84. The van der Waals surface area contributed by atoms with E-state index >= 15 is 0 Å². The summed E-state index contributed by atoms with van der Waals surface area (Å²) >= 11 is 0. The molecule has 0 aromatic rings. The number of hydrogen-bond donors (Lipinski definition) is 0. The van der Waals surface area contributed by atoms with Crippen LogP contribution in [0.3, 0.4) is 0 Å². The molecule has 1 rings (SSSR count). The number of carbonyl (C=O) groups is 1. The van der Waals surface area contributed by atoms with Crippen molar-refractivity contribution in [3.05, 3.63) is 0 Å². The molecule has 0 unspecified atom stereocenters. The van der Waals surface area contributed by atoms with Gasteiger partial charge in [0.2, 0.25) is 0 Å². The molecule has 0 spiro atoms. The van der Waals surface area contributed by atoms with Crippen LogP contribution in [0.25, 0.3) is 0 Å². The van der Waals surface area contributed by atoms with E-state index in [9.17, 15) is 18.3 Å². The fourth-order valence-electron chi connectivity index (χ4n) is 1.20. The molecule has 1 aliphatic heterocycles. The smallest absolute Gasteiger partial charge is 0.547 e. The Bertz CT molecular complexity index is 313. The van der Waals surface area contributed by atoms with E-state index in [0.717, 1.165) is 6.26 Å². The minimum Gasteiger partial charge on any atom is -0.547 e. The zero-order chi connectivity index (χ0) is 10.8. The summed E-state index contributed by atoms with van der Waals surface area (Å²) in [5.74, 6) is -1.27. The molecule has 82 valence electrons. The first-order valence-corrected chi connectivity index (χ1v) is 5.91. The van der Waals surface area contributed by atoms with Crippen molar-refractivity contribution < 1.29 is 56.8 Å². The average Bonchev–Trinajstić information content (AvgIpc) is 2.47. The Labute approximate surface area is 110 Å². The molecule has 0 radical (unpaired) electrons. The maximum Gasteiger partial charge on any atom is 1.00 e. The van der Waals surface area contributed by atoms with E-state index < -0.39 is 28.3 Å². The van der Waals surface area contributed by atoms with E-state index in [0.29, 0.717) is 12.8 Å². The molecule has 0 aromatic heterocycles. The van der Waals surface area contributed by atoms with Gasteiger partial charge >= 0.3 is 29.6 Å². The second kappa shape index (κ2) is 6.17. The van der Waals surface area contributed by atoms with Gasteiger partial charge in [-0.15, -0.1) is 0 Å². The Balaban J connectivity index is 0.00000196. The van der Waals surface area contributed by atoms with Crippen LogP contribution in [0.2, 0.25) is 0 Å². The van der Waals surface area contributed by atoms with E-state index in [1.54, 1.807) is 0 Å². The minimum atomic E-state index is -3.49. The minimum absolute atomic E-state index is 0. The third-order valence-corrected chi connectivity index (χ3v) is 2.40. The van der Waals surface area contributed by atoms with Crippen LogP contribution >= 0.6 is 0 Å². The largest absolute Gasteiger partial charge is 1.00 e. The Morgan fingerprint density at radius 1 is 1.53 bits per heavy atom. The average molecular weight is 246 g/mol. The molecule has 1 fully saturated rings. The van der Waals surface area contributed by atoms with Crippen molar-refractivity contribution in [2.75, 3.05) is 12.9 Å². The van der Waals surface area contributed by atoms with E-state index in [4.69, 9.17) is 4.74 Å². The third-order valence-electron chi connectivity index (χ3n) is 1.84. The van der Waals surface area contributed by atoms with Crippen LogP contribution in [-0.4, -0.2) is 39.5 Å². The first-order valence-electron chi connectivity index (χ1n) is 4.09. The van der Waals surface area contributed by atoms with Gasteiger partial charge in [-0.25, -0.2) is 0 Å². The van der Waals surface area contributed by atoms with Gasteiger partial charge in [-0.3, -0.25) is 4.18 Å². The molecule has 8 heteroatoms. The zero-order valence-electron chi connectivity index (χ0n) is 8.63. The van der Waals surface area contributed by atoms with Crippen molar-refractivity contribution in [1.29, 1.82) is 0 Å². The Kier molecular flexibility index (Phi) is 6.31. The number of ether oxygens (including phenoxy) is 1. The molecule has 0 bridgehead atoms. The summed E-state index contributed by atoms with van der Waals surface area (Å²) in [4.78, 5) is 10.4. The Morgan fingerprint density at radius 3 is 2.53 bits per heavy atom. The summed E-state index contributed by atoms with van der Waals surface area (Å²) in [6.07, 6.45) is 0.308. The summed E-state index contributed by atoms with van der Waals surface area (Å²) in [5, 5.41) is 10.4. The molecular formula is C7H11NaO6S. The molecule has 0 aromatic carbocycles. The van der Waals surface area contributed by atoms with Crippen molar-refractivity contribution in [3.8, 4) is 0 Å². The Morgan fingerprint density at radius 2 is 2.13 bits per heavy atom. The van der Waals surface area contributed by atoms with Crippen LogP contribution < -0.4 is 34.7 Å². The predicted molar refractivity (Wildman–Crippen MR) is 43.7 cm³/mol. The summed E-state index contributed by atoms with van der Waals surface area (Å²) < 4.78 is 30.6. The first kappa shape index (κ1) is 15.3. The summed E-state index contributed by atoms with van der Waals surface area (Å²) in [5.41, 5.74) is 0. The number of hydrogen-bond acceptors (Lipinski definition) is 6.